The fourth-order valence-corrected chi connectivity index (χ4v) is 2.77. The Balaban J connectivity index is 2.18. The minimum atomic E-state index is -1.05. The van der Waals surface area contributed by atoms with Crippen LogP contribution in [0.1, 0.15) is 6.42 Å². The number of piperazine rings is 1. The molecule has 0 spiro atoms. The molecule has 0 aromatic carbocycles. The molecule has 0 bridgehead atoms. The van der Waals surface area contributed by atoms with Gasteiger partial charge in [0.15, 0.2) is 0 Å². The summed E-state index contributed by atoms with van der Waals surface area (Å²) in [7, 11) is 2.03. The van der Waals surface area contributed by atoms with E-state index in [-0.39, 0.29) is 5.91 Å². The van der Waals surface area contributed by atoms with Crippen molar-refractivity contribution in [3.63, 3.8) is 0 Å². The van der Waals surface area contributed by atoms with Gasteiger partial charge in [-0.05, 0) is 19.2 Å². The molecule has 114 valence electrons. The third-order valence-electron chi connectivity index (χ3n) is 3.20. The summed E-state index contributed by atoms with van der Waals surface area (Å²) in [5.74, 6) is -0.0737. The van der Waals surface area contributed by atoms with Gasteiger partial charge in [-0.3, -0.25) is 9.59 Å². The number of aliphatic carboxylic acids is 1. The van der Waals surface area contributed by atoms with Gasteiger partial charge < -0.3 is 20.2 Å². The fourth-order valence-electron chi connectivity index (χ4n) is 1.87. The number of hydrogen-bond donors (Lipinski definition) is 2. The van der Waals surface area contributed by atoms with E-state index < -0.39 is 12.0 Å². The molecule has 2 amide bonds. The number of likely N-dealkylation sites (N-methyl/N-ethyl adjacent to an activating group) is 1. The Morgan fingerprint density at radius 3 is 2.55 bits per heavy atom. The van der Waals surface area contributed by atoms with Gasteiger partial charge in [0.05, 0.1) is 5.75 Å². The second-order valence-electron chi connectivity index (χ2n) is 4.70. The van der Waals surface area contributed by atoms with Crippen LogP contribution in [-0.2, 0) is 14.4 Å². The van der Waals surface area contributed by atoms with Crippen molar-refractivity contribution in [2.45, 2.75) is 12.5 Å². The Hall–Kier alpha value is -1.28. The smallest absolute Gasteiger partial charge is 0.326 e. The van der Waals surface area contributed by atoms with Gasteiger partial charge in [0.25, 0.3) is 0 Å². The van der Waals surface area contributed by atoms with E-state index in [2.05, 4.69) is 10.2 Å². The van der Waals surface area contributed by atoms with Crippen LogP contribution in [0.15, 0.2) is 0 Å². The molecular formula is C12H21N3O4S. The number of amides is 2. The molecule has 1 heterocycles. The van der Waals surface area contributed by atoms with Gasteiger partial charge in [0, 0.05) is 26.2 Å². The molecule has 0 aromatic rings. The molecule has 0 radical (unpaired) electrons. The molecule has 8 heteroatoms. The zero-order valence-electron chi connectivity index (χ0n) is 11.6. The van der Waals surface area contributed by atoms with Crippen LogP contribution in [0.2, 0.25) is 0 Å². The highest BCUT2D eigenvalue weighted by molar-refractivity contribution is 7.99. The topological polar surface area (TPSA) is 90.0 Å². The van der Waals surface area contributed by atoms with Gasteiger partial charge in [-0.25, -0.2) is 4.79 Å². The van der Waals surface area contributed by atoms with Crippen molar-refractivity contribution in [2.24, 2.45) is 0 Å². The molecule has 0 aromatic heterocycles. The highest BCUT2D eigenvalue weighted by atomic mass is 32.2. The number of carboxylic acids is 1. The Kier molecular flexibility index (Phi) is 7.38. The van der Waals surface area contributed by atoms with E-state index in [9.17, 15) is 14.4 Å². The molecule has 2 N–H and O–H groups in total. The third kappa shape index (κ3) is 5.79. The van der Waals surface area contributed by atoms with Crippen LogP contribution < -0.4 is 5.32 Å². The quantitative estimate of drug-likeness (QED) is 0.445. The van der Waals surface area contributed by atoms with E-state index in [4.69, 9.17) is 5.11 Å². The Labute approximate surface area is 122 Å². The first-order valence-electron chi connectivity index (χ1n) is 6.51. The molecular weight excluding hydrogens is 282 g/mol. The van der Waals surface area contributed by atoms with E-state index in [1.807, 2.05) is 11.9 Å². The second kappa shape index (κ2) is 8.80. The van der Waals surface area contributed by atoms with Crippen LogP contribution in [0, 0.1) is 0 Å². The van der Waals surface area contributed by atoms with E-state index >= 15 is 0 Å². The molecule has 20 heavy (non-hydrogen) atoms. The maximum atomic E-state index is 11.9. The van der Waals surface area contributed by atoms with Gasteiger partial charge in [0.1, 0.15) is 6.04 Å². The summed E-state index contributed by atoms with van der Waals surface area (Å²) in [6, 6.07) is -0.876. The number of carbonyl (C=O) groups excluding carboxylic acids is 2. The van der Waals surface area contributed by atoms with Gasteiger partial charge in [-0.1, -0.05) is 0 Å². The minimum Gasteiger partial charge on any atom is -0.480 e. The SMILES string of the molecule is CN1CCN(C(=O)CSCCC(NC=O)C(=O)O)CC1. The van der Waals surface area contributed by atoms with Crippen LogP contribution in [-0.4, -0.2) is 84.0 Å². The summed E-state index contributed by atoms with van der Waals surface area (Å²) in [6.45, 7) is 3.28. The number of hydrogen-bond acceptors (Lipinski definition) is 5. The van der Waals surface area contributed by atoms with E-state index in [1.54, 1.807) is 0 Å². The van der Waals surface area contributed by atoms with Crippen molar-refractivity contribution >= 4 is 30.0 Å². The summed E-state index contributed by atoms with van der Waals surface area (Å²) in [5, 5.41) is 11.1. The number of rotatable bonds is 8. The molecule has 1 atom stereocenters. The van der Waals surface area contributed by atoms with Gasteiger partial charge >= 0.3 is 5.97 Å². The molecule has 1 aliphatic rings. The van der Waals surface area contributed by atoms with Gasteiger partial charge in [-0.2, -0.15) is 11.8 Å². The Morgan fingerprint density at radius 2 is 2.00 bits per heavy atom. The summed E-state index contributed by atoms with van der Waals surface area (Å²) < 4.78 is 0. The molecule has 7 nitrogen and oxygen atoms in total. The fraction of sp³-hybridized carbons (Fsp3) is 0.750. The van der Waals surface area contributed by atoms with Crippen LogP contribution in [0.25, 0.3) is 0 Å². The molecule has 1 unspecified atom stereocenters. The van der Waals surface area contributed by atoms with Crippen LogP contribution >= 0.6 is 11.8 Å². The summed E-state index contributed by atoms with van der Waals surface area (Å²) in [4.78, 5) is 37.0. The van der Waals surface area contributed by atoms with Crippen molar-refractivity contribution in [2.75, 3.05) is 44.7 Å². The van der Waals surface area contributed by atoms with Crippen molar-refractivity contribution in [3.05, 3.63) is 0 Å². The van der Waals surface area contributed by atoms with Gasteiger partial charge in [0.2, 0.25) is 12.3 Å². The average molecular weight is 303 g/mol. The Bertz CT molecular complexity index is 346. The lowest BCUT2D eigenvalue weighted by Crippen LogP contribution is -2.47. The number of thioether (sulfide) groups is 1. The average Bonchev–Trinajstić information content (AvgIpc) is 2.42. The second-order valence-corrected chi connectivity index (χ2v) is 5.81. The lowest BCUT2D eigenvalue weighted by Gasteiger charge is -2.32. The molecule has 1 saturated heterocycles. The third-order valence-corrected chi connectivity index (χ3v) is 4.18. The van der Waals surface area contributed by atoms with E-state index in [0.717, 1.165) is 26.2 Å². The first-order chi connectivity index (χ1) is 9.54. The number of carboxylic acid groups (broad SMARTS) is 1. The van der Waals surface area contributed by atoms with Crippen LogP contribution in [0.4, 0.5) is 0 Å². The standard InChI is InChI=1S/C12H21N3O4S/c1-14-3-5-15(6-4-14)11(17)8-20-7-2-10(12(18)19)13-9-16/h9-10H,2-8H2,1H3,(H,13,16)(H,18,19). The van der Waals surface area contributed by atoms with Crippen LogP contribution in [0.3, 0.4) is 0 Å². The number of nitrogens with one attached hydrogen (secondary N) is 1. The molecule has 1 rings (SSSR count). The first kappa shape index (κ1) is 16.8. The van der Waals surface area contributed by atoms with Crippen molar-refractivity contribution < 1.29 is 19.5 Å². The van der Waals surface area contributed by atoms with Crippen molar-refractivity contribution in [3.8, 4) is 0 Å². The minimum absolute atomic E-state index is 0.0957. The largest absolute Gasteiger partial charge is 0.480 e. The van der Waals surface area contributed by atoms with E-state index in [1.165, 1.54) is 11.8 Å². The number of carbonyl (C=O) groups is 3. The normalized spacial score (nSPS) is 17.6. The summed E-state index contributed by atoms with van der Waals surface area (Å²) >= 11 is 1.40. The highest BCUT2D eigenvalue weighted by Crippen LogP contribution is 2.08. The lowest BCUT2D eigenvalue weighted by atomic mass is 10.2. The monoisotopic (exact) mass is 303 g/mol. The zero-order valence-corrected chi connectivity index (χ0v) is 12.4. The predicted molar refractivity (Wildman–Crippen MR) is 76.6 cm³/mol. The number of nitrogens with zero attached hydrogens (tertiary/aromatic N) is 2. The molecule has 1 fully saturated rings. The van der Waals surface area contributed by atoms with Crippen molar-refractivity contribution in [1.29, 1.82) is 0 Å². The molecule has 0 saturated carbocycles. The van der Waals surface area contributed by atoms with Crippen LogP contribution in [0.5, 0.6) is 0 Å². The first-order valence-corrected chi connectivity index (χ1v) is 7.66. The summed E-state index contributed by atoms with van der Waals surface area (Å²) in [5.41, 5.74) is 0. The lowest BCUT2D eigenvalue weighted by molar-refractivity contribution is -0.140. The predicted octanol–water partition coefficient (Wildman–Crippen LogP) is -0.917. The molecule has 1 aliphatic heterocycles. The highest BCUT2D eigenvalue weighted by Gasteiger charge is 2.19. The maximum Gasteiger partial charge on any atom is 0.326 e. The molecule has 0 aliphatic carbocycles. The van der Waals surface area contributed by atoms with Gasteiger partial charge in [-0.15, -0.1) is 0 Å². The van der Waals surface area contributed by atoms with E-state index in [0.29, 0.717) is 24.3 Å². The zero-order chi connectivity index (χ0) is 15.0. The summed E-state index contributed by atoms with van der Waals surface area (Å²) in [6.07, 6.45) is 0.702. The maximum absolute atomic E-state index is 11.9. The Morgan fingerprint density at radius 1 is 1.35 bits per heavy atom. The van der Waals surface area contributed by atoms with Crippen molar-refractivity contribution in [1.82, 2.24) is 15.1 Å².